The van der Waals surface area contributed by atoms with Crippen LogP contribution in [0.4, 0.5) is 0 Å². The van der Waals surface area contributed by atoms with Gasteiger partial charge in [-0.15, -0.1) is 11.3 Å². The minimum atomic E-state index is -0.304. The summed E-state index contributed by atoms with van der Waals surface area (Å²) in [5.74, 6) is 0. The molecule has 0 bridgehead atoms. The van der Waals surface area contributed by atoms with Crippen LogP contribution in [0.1, 0.15) is 21.6 Å². The molecule has 0 saturated heterocycles. The van der Waals surface area contributed by atoms with Crippen molar-refractivity contribution in [3.63, 3.8) is 0 Å². The van der Waals surface area contributed by atoms with Gasteiger partial charge >= 0.3 is 5.69 Å². The Balaban J connectivity index is 2.07. The number of para-hydroxylation sites is 1. The van der Waals surface area contributed by atoms with Crippen molar-refractivity contribution >= 4 is 21.6 Å². The second kappa shape index (κ2) is 6.67. The molecule has 0 spiro atoms. The van der Waals surface area contributed by atoms with E-state index in [9.17, 15) is 9.59 Å². The number of benzene rings is 2. The normalized spacial score (nSPS) is 11.2. The highest BCUT2D eigenvalue weighted by Gasteiger charge is 2.19. The van der Waals surface area contributed by atoms with Crippen molar-refractivity contribution in [3.05, 3.63) is 97.0 Å². The molecule has 0 saturated carbocycles. The number of aryl methyl sites for hydroxylation is 3. The Morgan fingerprint density at radius 3 is 2.37 bits per heavy atom. The minimum absolute atomic E-state index is 0.247. The first-order chi connectivity index (χ1) is 13.0. The summed E-state index contributed by atoms with van der Waals surface area (Å²) in [6.45, 7) is 6.41. The van der Waals surface area contributed by atoms with Gasteiger partial charge in [-0.1, -0.05) is 48.0 Å². The fourth-order valence-electron chi connectivity index (χ4n) is 3.39. The second-order valence-electron chi connectivity index (χ2n) is 6.80. The van der Waals surface area contributed by atoms with E-state index in [1.165, 1.54) is 15.9 Å². The highest BCUT2D eigenvalue weighted by atomic mass is 32.1. The Morgan fingerprint density at radius 1 is 0.926 bits per heavy atom. The molecule has 4 nitrogen and oxygen atoms in total. The highest BCUT2D eigenvalue weighted by Crippen LogP contribution is 2.27. The molecule has 0 aliphatic rings. The number of fused-ring (bicyclic) bond motifs is 1. The van der Waals surface area contributed by atoms with Crippen LogP contribution in [0.3, 0.4) is 0 Å². The fraction of sp³-hybridized carbons (Fsp3) is 0.182. The third kappa shape index (κ3) is 2.94. The van der Waals surface area contributed by atoms with E-state index >= 15 is 0 Å². The zero-order chi connectivity index (χ0) is 19.1. The summed E-state index contributed by atoms with van der Waals surface area (Å²) in [7, 11) is 0. The van der Waals surface area contributed by atoms with Gasteiger partial charge in [0.15, 0.2) is 0 Å². The molecular formula is C22H20N2O2S. The van der Waals surface area contributed by atoms with E-state index in [0.29, 0.717) is 17.6 Å². The Morgan fingerprint density at radius 2 is 1.67 bits per heavy atom. The molecular weight excluding hydrogens is 356 g/mol. The molecule has 0 aliphatic heterocycles. The minimum Gasteiger partial charge on any atom is -0.280 e. The second-order valence-corrected chi connectivity index (χ2v) is 8.00. The molecule has 0 atom stereocenters. The average molecular weight is 376 g/mol. The van der Waals surface area contributed by atoms with Crippen LogP contribution in [-0.4, -0.2) is 9.13 Å². The molecule has 0 N–H and O–H groups in total. The average Bonchev–Trinajstić information content (AvgIpc) is 2.95. The number of thiophene rings is 1. The SMILES string of the molecule is Cc1cccc(Cn2c(=O)n(-c3ccccc3)c(=O)c3c(C)c(C)sc32)c1. The predicted octanol–water partition coefficient (Wildman–Crippen LogP) is 4.19. The number of hydrogen-bond acceptors (Lipinski definition) is 3. The molecule has 136 valence electrons. The van der Waals surface area contributed by atoms with Crippen LogP contribution in [0.5, 0.6) is 0 Å². The van der Waals surface area contributed by atoms with E-state index in [4.69, 9.17) is 0 Å². The maximum atomic E-state index is 13.3. The molecule has 0 unspecified atom stereocenters. The topological polar surface area (TPSA) is 44.0 Å². The van der Waals surface area contributed by atoms with Crippen molar-refractivity contribution in [3.8, 4) is 5.69 Å². The van der Waals surface area contributed by atoms with Gasteiger partial charge < -0.3 is 0 Å². The first kappa shape index (κ1) is 17.5. The summed E-state index contributed by atoms with van der Waals surface area (Å²) >= 11 is 1.51. The lowest BCUT2D eigenvalue weighted by Crippen LogP contribution is -2.38. The van der Waals surface area contributed by atoms with Gasteiger partial charge in [-0.05, 0) is 44.0 Å². The summed E-state index contributed by atoms with van der Waals surface area (Å²) in [6, 6.07) is 17.2. The monoisotopic (exact) mass is 376 g/mol. The lowest BCUT2D eigenvalue weighted by atomic mass is 10.1. The van der Waals surface area contributed by atoms with Crippen LogP contribution in [0.25, 0.3) is 15.9 Å². The van der Waals surface area contributed by atoms with Crippen molar-refractivity contribution in [2.45, 2.75) is 27.3 Å². The Labute approximate surface area is 161 Å². The largest absolute Gasteiger partial charge is 0.337 e. The molecule has 0 radical (unpaired) electrons. The van der Waals surface area contributed by atoms with Gasteiger partial charge in [-0.2, -0.15) is 0 Å². The summed E-state index contributed by atoms with van der Waals surface area (Å²) in [5.41, 5.74) is 3.18. The zero-order valence-corrected chi connectivity index (χ0v) is 16.3. The van der Waals surface area contributed by atoms with Crippen molar-refractivity contribution in [1.29, 1.82) is 0 Å². The van der Waals surface area contributed by atoms with Gasteiger partial charge in [-0.3, -0.25) is 9.36 Å². The summed E-state index contributed by atoms with van der Waals surface area (Å²) in [6.07, 6.45) is 0. The standard InChI is InChI=1S/C22H20N2O2S/c1-14-8-7-9-17(12-14)13-23-21-19(15(2)16(3)27-21)20(25)24(22(23)26)18-10-5-4-6-11-18/h4-12H,13H2,1-3H3. The summed E-state index contributed by atoms with van der Waals surface area (Å²) in [4.78, 5) is 28.4. The van der Waals surface area contributed by atoms with Crippen LogP contribution in [0.15, 0.2) is 64.2 Å². The smallest absolute Gasteiger partial charge is 0.280 e. The van der Waals surface area contributed by atoms with Gasteiger partial charge in [0.2, 0.25) is 0 Å². The molecule has 27 heavy (non-hydrogen) atoms. The van der Waals surface area contributed by atoms with Crippen LogP contribution < -0.4 is 11.2 Å². The molecule has 4 aromatic rings. The van der Waals surface area contributed by atoms with Crippen molar-refractivity contribution < 1.29 is 0 Å². The number of aromatic nitrogens is 2. The Bertz CT molecular complexity index is 1260. The van der Waals surface area contributed by atoms with Gasteiger partial charge in [-0.25, -0.2) is 9.36 Å². The third-order valence-corrected chi connectivity index (χ3v) is 6.12. The molecule has 4 rings (SSSR count). The van der Waals surface area contributed by atoms with Gasteiger partial charge in [0.1, 0.15) is 4.83 Å². The van der Waals surface area contributed by atoms with Crippen molar-refractivity contribution in [1.82, 2.24) is 9.13 Å². The fourth-order valence-corrected chi connectivity index (χ4v) is 4.53. The molecule has 2 aromatic carbocycles. The highest BCUT2D eigenvalue weighted by molar-refractivity contribution is 7.18. The van der Waals surface area contributed by atoms with Gasteiger partial charge in [0.25, 0.3) is 5.56 Å². The van der Waals surface area contributed by atoms with Crippen LogP contribution in [0.2, 0.25) is 0 Å². The van der Waals surface area contributed by atoms with E-state index in [1.54, 1.807) is 16.7 Å². The maximum absolute atomic E-state index is 13.3. The summed E-state index contributed by atoms with van der Waals surface area (Å²) < 4.78 is 3.01. The van der Waals surface area contributed by atoms with Crippen LogP contribution in [-0.2, 0) is 6.54 Å². The molecule has 2 aromatic heterocycles. The maximum Gasteiger partial charge on any atom is 0.337 e. The van der Waals surface area contributed by atoms with E-state index in [1.807, 2.05) is 57.2 Å². The number of rotatable bonds is 3. The first-order valence-electron chi connectivity index (χ1n) is 8.84. The van der Waals surface area contributed by atoms with E-state index < -0.39 is 0 Å². The first-order valence-corrected chi connectivity index (χ1v) is 9.65. The third-order valence-electron chi connectivity index (χ3n) is 4.89. The molecule has 0 fully saturated rings. The van der Waals surface area contributed by atoms with E-state index in [-0.39, 0.29) is 11.2 Å². The molecule has 2 heterocycles. The number of hydrogen-bond donors (Lipinski definition) is 0. The van der Waals surface area contributed by atoms with Crippen molar-refractivity contribution in [2.24, 2.45) is 0 Å². The predicted molar refractivity (Wildman–Crippen MR) is 111 cm³/mol. The lowest BCUT2D eigenvalue weighted by Gasteiger charge is -2.13. The Kier molecular flexibility index (Phi) is 4.32. The molecule has 0 aliphatic carbocycles. The molecule has 0 amide bonds. The van der Waals surface area contributed by atoms with Crippen molar-refractivity contribution in [2.75, 3.05) is 0 Å². The van der Waals surface area contributed by atoms with E-state index in [2.05, 4.69) is 6.07 Å². The van der Waals surface area contributed by atoms with Crippen LogP contribution in [0, 0.1) is 20.8 Å². The molecule has 5 heteroatoms. The van der Waals surface area contributed by atoms with Crippen LogP contribution >= 0.6 is 11.3 Å². The number of nitrogens with zero attached hydrogens (tertiary/aromatic N) is 2. The van der Waals surface area contributed by atoms with Gasteiger partial charge in [0.05, 0.1) is 17.6 Å². The van der Waals surface area contributed by atoms with E-state index in [0.717, 1.165) is 26.4 Å². The summed E-state index contributed by atoms with van der Waals surface area (Å²) in [5, 5.41) is 0.633. The Hall–Kier alpha value is -2.92. The lowest BCUT2D eigenvalue weighted by molar-refractivity contribution is 0.719. The quantitative estimate of drug-likeness (QED) is 0.538. The van der Waals surface area contributed by atoms with Gasteiger partial charge in [0, 0.05) is 4.88 Å². The zero-order valence-electron chi connectivity index (χ0n) is 15.5.